The Labute approximate surface area is 201 Å². The summed E-state index contributed by atoms with van der Waals surface area (Å²) in [6.45, 7) is 2.30. The summed E-state index contributed by atoms with van der Waals surface area (Å²) in [5, 5.41) is 3.91. The van der Waals surface area contributed by atoms with Crippen molar-refractivity contribution in [2.45, 2.75) is 75.4 Å². The van der Waals surface area contributed by atoms with E-state index in [1.807, 2.05) is 61.5 Å². The SMILES string of the molecule is CC(C(=O)NC1CCCCC1)N(Cc1ccccc1)C(=O)CCCSc1ccc(Cl)cc1. The molecule has 0 heterocycles. The molecular weight excluding hydrogens is 440 g/mol. The molecule has 32 heavy (non-hydrogen) atoms. The molecule has 0 spiro atoms. The third kappa shape index (κ3) is 7.86. The Bertz CT molecular complexity index is 854. The molecule has 4 nitrogen and oxygen atoms in total. The molecule has 1 unspecified atom stereocenters. The van der Waals surface area contributed by atoms with Crippen molar-refractivity contribution in [1.29, 1.82) is 0 Å². The summed E-state index contributed by atoms with van der Waals surface area (Å²) < 4.78 is 0. The van der Waals surface area contributed by atoms with Crippen molar-refractivity contribution in [3.05, 3.63) is 65.2 Å². The molecule has 0 saturated heterocycles. The van der Waals surface area contributed by atoms with E-state index in [0.29, 0.717) is 13.0 Å². The van der Waals surface area contributed by atoms with Gasteiger partial charge >= 0.3 is 0 Å². The molecule has 0 bridgehead atoms. The van der Waals surface area contributed by atoms with Gasteiger partial charge in [0.15, 0.2) is 0 Å². The van der Waals surface area contributed by atoms with Gasteiger partial charge in [-0.25, -0.2) is 0 Å². The van der Waals surface area contributed by atoms with Crippen molar-refractivity contribution < 1.29 is 9.59 Å². The first kappa shape index (κ1) is 24.7. The fraction of sp³-hybridized carbons (Fsp3) is 0.462. The number of amides is 2. The maximum Gasteiger partial charge on any atom is 0.242 e. The average molecular weight is 473 g/mol. The molecule has 0 aliphatic heterocycles. The fourth-order valence-electron chi connectivity index (χ4n) is 4.02. The van der Waals surface area contributed by atoms with Crippen LogP contribution in [0.2, 0.25) is 5.02 Å². The Morgan fingerprint density at radius 1 is 1.06 bits per heavy atom. The molecule has 172 valence electrons. The summed E-state index contributed by atoms with van der Waals surface area (Å²) in [4.78, 5) is 29.0. The number of rotatable bonds is 10. The van der Waals surface area contributed by atoms with Crippen LogP contribution in [0.25, 0.3) is 0 Å². The van der Waals surface area contributed by atoms with Crippen LogP contribution >= 0.6 is 23.4 Å². The zero-order chi connectivity index (χ0) is 22.8. The molecular formula is C26H33ClN2O2S. The standard InChI is InChI=1S/C26H33ClN2O2S/c1-20(26(31)28-23-11-6-3-7-12-23)29(19-21-9-4-2-5-10-21)25(30)13-8-18-32-24-16-14-22(27)15-17-24/h2,4-5,9-10,14-17,20,23H,3,6-8,11-13,18-19H2,1H3,(H,28,31). The van der Waals surface area contributed by atoms with Crippen LogP contribution in [-0.2, 0) is 16.1 Å². The monoisotopic (exact) mass is 472 g/mol. The molecule has 0 radical (unpaired) electrons. The number of hydrogen-bond donors (Lipinski definition) is 1. The number of nitrogens with one attached hydrogen (secondary N) is 1. The predicted octanol–water partition coefficient (Wildman–Crippen LogP) is 6.08. The van der Waals surface area contributed by atoms with Crippen molar-refractivity contribution in [1.82, 2.24) is 10.2 Å². The van der Waals surface area contributed by atoms with E-state index < -0.39 is 6.04 Å². The van der Waals surface area contributed by atoms with Crippen LogP contribution in [-0.4, -0.2) is 34.6 Å². The van der Waals surface area contributed by atoms with Gasteiger partial charge in [-0.15, -0.1) is 11.8 Å². The number of benzene rings is 2. The third-order valence-electron chi connectivity index (χ3n) is 5.93. The minimum absolute atomic E-state index is 0.0249. The summed E-state index contributed by atoms with van der Waals surface area (Å²) in [6, 6.07) is 17.4. The predicted molar refractivity (Wildman–Crippen MR) is 133 cm³/mol. The maximum atomic E-state index is 13.2. The van der Waals surface area contributed by atoms with Gasteiger partial charge in [-0.3, -0.25) is 9.59 Å². The second-order valence-corrected chi connectivity index (χ2v) is 10.0. The lowest BCUT2D eigenvalue weighted by molar-refractivity contribution is -0.141. The van der Waals surface area contributed by atoms with E-state index in [1.54, 1.807) is 16.7 Å². The number of halogens is 1. The zero-order valence-electron chi connectivity index (χ0n) is 18.8. The third-order valence-corrected chi connectivity index (χ3v) is 7.28. The molecule has 1 N–H and O–H groups in total. The van der Waals surface area contributed by atoms with Crippen LogP contribution in [0.15, 0.2) is 59.5 Å². The van der Waals surface area contributed by atoms with E-state index in [0.717, 1.165) is 53.3 Å². The summed E-state index contributed by atoms with van der Waals surface area (Å²) in [6.07, 6.45) is 6.83. The van der Waals surface area contributed by atoms with E-state index in [1.165, 1.54) is 6.42 Å². The van der Waals surface area contributed by atoms with Crippen LogP contribution in [0.1, 0.15) is 57.4 Å². The Morgan fingerprint density at radius 3 is 2.44 bits per heavy atom. The van der Waals surface area contributed by atoms with E-state index in [4.69, 9.17) is 11.6 Å². The lowest BCUT2D eigenvalue weighted by Gasteiger charge is -2.31. The number of carbonyl (C=O) groups is 2. The van der Waals surface area contributed by atoms with Crippen LogP contribution < -0.4 is 5.32 Å². The number of carbonyl (C=O) groups excluding carboxylic acids is 2. The number of hydrogen-bond acceptors (Lipinski definition) is 3. The highest BCUT2D eigenvalue weighted by Crippen LogP contribution is 2.22. The van der Waals surface area contributed by atoms with Gasteiger partial charge in [0.05, 0.1) is 0 Å². The van der Waals surface area contributed by atoms with Crippen LogP contribution in [0.4, 0.5) is 0 Å². The summed E-state index contributed by atoms with van der Waals surface area (Å²) >= 11 is 7.66. The Hall–Kier alpha value is -1.98. The number of nitrogens with zero attached hydrogens (tertiary/aromatic N) is 1. The van der Waals surface area contributed by atoms with E-state index >= 15 is 0 Å². The fourth-order valence-corrected chi connectivity index (χ4v) is 5.00. The van der Waals surface area contributed by atoms with Gasteiger partial charge in [-0.1, -0.05) is 61.2 Å². The molecule has 6 heteroatoms. The zero-order valence-corrected chi connectivity index (χ0v) is 20.3. The van der Waals surface area contributed by atoms with Crippen LogP contribution in [0.5, 0.6) is 0 Å². The lowest BCUT2D eigenvalue weighted by atomic mass is 9.95. The second-order valence-electron chi connectivity index (χ2n) is 8.43. The smallest absolute Gasteiger partial charge is 0.242 e. The van der Waals surface area contributed by atoms with Crippen LogP contribution in [0.3, 0.4) is 0 Å². The highest BCUT2D eigenvalue weighted by Gasteiger charge is 2.27. The van der Waals surface area contributed by atoms with Gasteiger partial charge in [0.1, 0.15) is 6.04 Å². The molecule has 2 aromatic carbocycles. The molecule has 2 amide bonds. The molecule has 3 rings (SSSR count). The van der Waals surface area contributed by atoms with Crippen molar-refractivity contribution in [3.63, 3.8) is 0 Å². The summed E-state index contributed by atoms with van der Waals surface area (Å²) in [5.41, 5.74) is 1.04. The average Bonchev–Trinajstić information content (AvgIpc) is 2.82. The van der Waals surface area contributed by atoms with Gasteiger partial charge in [0, 0.05) is 28.9 Å². The first-order chi connectivity index (χ1) is 15.5. The summed E-state index contributed by atoms with van der Waals surface area (Å²) in [5.74, 6) is 0.823. The van der Waals surface area contributed by atoms with Gasteiger partial charge in [-0.05, 0) is 61.8 Å². The lowest BCUT2D eigenvalue weighted by Crippen LogP contribution is -2.50. The number of thioether (sulfide) groups is 1. The largest absolute Gasteiger partial charge is 0.352 e. The van der Waals surface area contributed by atoms with Gasteiger partial charge in [0.25, 0.3) is 0 Å². The Balaban J connectivity index is 1.57. The van der Waals surface area contributed by atoms with Crippen molar-refractivity contribution in [2.24, 2.45) is 0 Å². The quantitative estimate of drug-likeness (QED) is 0.337. The molecule has 1 saturated carbocycles. The van der Waals surface area contributed by atoms with Crippen molar-refractivity contribution in [2.75, 3.05) is 5.75 Å². The molecule has 1 fully saturated rings. The molecule has 1 aliphatic rings. The second kappa shape index (κ2) is 12.9. The van der Waals surface area contributed by atoms with Gasteiger partial charge in [0.2, 0.25) is 11.8 Å². The van der Waals surface area contributed by atoms with E-state index in [9.17, 15) is 9.59 Å². The molecule has 1 atom stereocenters. The van der Waals surface area contributed by atoms with Gasteiger partial charge in [-0.2, -0.15) is 0 Å². The normalized spacial score (nSPS) is 15.2. The van der Waals surface area contributed by atoms with Gasteiger partial charge < -0.3 is 10.2 Å². The Kier molecular flexibility index (Phi) is 9.94. The first-order valence-electron chi connectivity index (χ1n) is 11.5. The van der Waals surface area contributed by atoms with E-state index in [2.05, 4.69) is 5.32 Å². The van der Waals surface area contributed by atoms with Crippen LogP contribution in [0, 0.1) is 0 Å². The summed E-state index contributed by atoms with van der Waals surface area (Å²) in [7, 11) is 0. The Morgan fingerprint density at radius 2 is 1.75 bits per heavy atom. The minimum Gasteiger partial charge on any atom is -0.352 e. The highest BCUT2D eigenvalue weighted by molar-refractivity contribution is 7.99. The molecule has 2 aromatic rings. The molecule has 1 aliphatic carbocycles. The topological polar surface area (TPSA) is 49.4 Å². The molecule has 0 aromatic heterocycles. The van der Waals surface area contributed by atoms with E-state index in [-0.39, 0.29) is 17.9 Å². The first-order valence-corrected chi connectivity index (χ1v) is 12.9. The minimum atomic E-state index is -0.492. The van der Waals surface area contributed by atoms with Crippen molar-refractivity contribution in [3.8, 4) is 0 Å². The highest BCUT2D eigenvalue weighted by atomic mass is 35.5. The van der Waals surface area contributed by atoms with Crippen molar-refractivity contribution >= 4 is 35.2 Å². The maximum absolute atomic E-state index is 13.2.